The van der Waals surface area contributed by atoms with Crippen LogP contribution in [0, 0.1) is 0 Å². The largest absolute Gasteiger partial charge is 0.377 e. The molecule has 1 heterocycles. The maximum absolute atomic E-state index is 5.69. The maximum Gasteiger partial charge on any atom is 0.0721 e. The molecule has 3 heteroatoms. The number of rotatable bonds is 4. The first-order valence-electron chi connectivity index (χ1n) is 7.34. The average Bonchev–Trinajstić information content (AvgIpc) is 2.62. The van der Waals surface area contributed by atoms with Gasteiger partial charge in [-0.1, -0.05) is 26.0 Å². The van der Waals surface area contributed by atoms with Gasteiger partial charge in [0, 0.05) is 38.0 Å². The number of hydrogen-bond donors (Lipinski definition) is 1. The summed E-state index contributed by atoms with van der Waals surface area (Å²) in [5.41, 5.74) is 2.65. The summed E-state index contributed by atoms with van der Waals surface area (Å²) < 4.78 is 5.69. The molecule has 1 fully saturated rings. The molecule has 3 nitrogen and oxygen atoms in total. The molecule has 1 aliphatic heterocycles. The monoisotopic (exact) mass is 262 g/mol. The van der Waals surface area contributed by atoms with Gasteiger partial charge in [-0.15, -0.1) is 0 Å². The highest BCUT2D eigenvalue weighted by molar-refractivity contribution is 5.47. The van der Waals surface area contributed by atoms with Crippen LogP contribution in [0.1, 0.15) is 32.8 Å². The average molecular weight is 262 g/mol. The third-order valence-electron chi connectivity index (χ3n) is 3.47. The first-order chi connectivity index (χ1) is 9.15. The Morgan fingerprint density at radius 2 is 2.05 bits per heavy atom. The number of ether oxygens (including phenoxy) is 1. The van der Waals surface area contributed by atoms with E-state index in [0.717, 1.165) is 32.7 Å². The minimum atomic E-state index is 0.324. The Kier molecular flexibility index (Phi) is 5.23. The number of hydrogen-bond acceptors (Lipinski definition) is 3. The second kappa shape index (κ2) is 6.92. The van der Waals surface area contributed by atoms with Gasteiger partial charge in [-0.25, -0.2) is 0 Å². The predicted octanol–water partition coefficient (Wildman–Crippen LogP) is 2.80. The van der Waals surface area contributed by atoms with E-state index in [2.05, 4.69) is 55.3 Å². The zero-order valence-electron chi connectivity index (χ0n) is 12.4. The fourth-order valence-corrected chi connectivity index (χ4v) is 2.38. The van der Waals surface area contributed by atoms with Gasteiger partial charge in [0.25, 0.3) is 0 Å². The molecule has 106 valence electrons. The Morgan fingerprint density at radius 1 is 1.32 bits per heavy atom. The van der Waals surface area contributed by atoms with Crippen LogP contribution in [0.25, 0.3) is 0 Å². The summed E-state index contributed by atoms with van der Waals surface area (Å²) in [6.45, 7) is 10.4. The highest BCUT2D eigenvalue weighted by atomic mass is 16.5. The van der Waals surface area contributed by atoms with E-state index in [1.807, 2.05) is 0 Å². The summed E-state index contributed by atoms with van der Waals surface area (Å²) in [5, 5.41) is 3.44. The second-order valence-corrected chi connectivity index (χ2v) is 5.68. The van der Waals surface area contributed by atoms with Gasteiger partial charge >= 0.3 is 0 Å². The molecule has 0 saturated carbocycles. The van der Waals surface area contributed by atoms with Crippen molar-refractivity contribution in [1.82, 2.24) is 5.32 Å². The van der Waals surface area contributed by atoms with Gasteiger partial charge < -0.3 is 15.0 Å². The molecule has 1 atom stereocenters. The Labute approximate surface area is 116 Å². The van der Waals surface area contributed by atoms with Crippen molar-refractivity contribution in [3.63, 3.8) is 0 Å². The number of anilines is 1. The van der Waals surface area contributed by atoms with Crippen LogP contribution in [0.4, 0.5) is 5.69 Å². The molecule has 1 aromatic carbocycles. The smallest absolute Gasteiger partial charge is 0.0721 e. The van der Waals surface area contributed by atoms with E-state index in [-0.39, 0.29) is 0 Å². The topological polar surface area (TPSA) is 24.5 Å². The van der Waals surface area contributed by atoms with Gasteiger partial charge in [-0.2, -0.15) is 0 Å². The molecule has 2 rings (SSSR count). The normalized spacial score (nSPS) is 20.6. The summed E-state index contributed by atoms with van der Waals surface area (Å²) in [6.07, 6.45) is 1.44. The van der Waals surface area contributed by atoms with Gasteiger partial charge in [-0.3, -0.25) is 0 Å². The van der Waals surface area contributed by atoms with Gasteiger partial charge in [-0.05, 0) is 31.0 Å². The molecule has 0 aromatic heterocycles. The Bertz CT molecular complexity index is 375. The molecule has 1 N–H and O–H groups in total. The van der Waals surface area contributed by atoms with Crippen molar-refractivity contribution in [3.05, 3.63) is 29.8 Å². The van der Waals surface area contributed by atoms with E-state index in [9.17, 15) is 0 Å². The van der Waals surface area contributed by atoms with Crippen molar-refractivity contribution in [2.75, 3.05) is 24.6 Å². The first-order valence-corrected chi connectivity index (χ1v) is 7.34. The highest BCUT2D eigenvalue weighted by Gasteiger charge is 2.15. The van der Waals surface area contributed by atoms with E-state index < -0.39 is 0 Å². The molecule has 0 aliphatic carbocycles. The van der Waals surface area contributed by atoms with Crippen LogP contribution in [0.5, 0.6) is 0 Å². The molecule has 19 heavy (non-hydrogen) atoms. The minimum Gasteiger partial charge on any atom is -0.377 e. The van der Waals surface area contributed by atoms with Crippen molar-refractivity contribution in [2.24, 2.45) is 0 Å². The van der Waals surface area contributed by atoms with Gasteiger partial charge in [0.1, 0.15) is 0 Å². The van der Waals surface area contributed by atoms with E-state index in [4.69, 9.17) is 4.74 Å². The molecule has 1 saturated heterocycles. The molecule has 0 radical (unpaired) electrons. The van der Waals surface area contributed by atoms with Crippen molar-refractivity contribution < 1.29 is 4.74 Å². The maximum atomic E-state index is 5.69. The second-order valence-electron chi connectivity index (χ2n) is 5.68. The zero-order chi connectivity index (χ0) is 13.7. The highest BCUT2D eigenvalue weighted by Crippen LogP contribution is 2.18. The summed E-state index contributed by atoms with van der Waals surface area (Å²) in [6, 6.07) is 9.44. The van der Waals surface area contributed by atoms with E-state index in [1.54, 1.807) is 0 Å². The third-order valence-corrected chi connectivity index (χ3v) is 3.47. The molecule has 0 amide bonds. The Morgan fingerprint density at radius 3 is 2.74 bits per heavy atom. The SMILES string of the molecule is CC(C)NCc1ccc(N2CCCOC(C)C2)cc1. The zero-order valence-corrected chi connectivity index (χ0v) is 12.4. The lowest BCUT2D eigenvalue weighted by Crippen LogP contribution is -2.30. The fraction of sp³-hybridized carbons (Fsp3) is 0.625. The van der Waals surface area contributed by atoms with E-state index >= 15 is 0 Å². The lowest BCUT2D eigenvalue weighted by molar-refractivity contribution is 0.0821. The standard InChI is InChI=1S/C16H26N2O/c1-13(2)17-11-15-5-7-16(8-6-15)18-9-4-10-19-14(3)12-18/h5-8,13-14,17H,4,9-12H2,1-3H3. The van der Waals surface area contributed by atoms with Crippen molar-refractivity contribution >= 4 is 5.69 Å². The number of nitrogens with one attached hydrogen (secondary N) is 1. The van der Waals surface area contributed by atoms with Crippen LogP contribution in [-0.4, -0.2) is 31.8 Å². The predicted molar refractivity (Wildman–Crippen MR) is 80.7 cm³/mol. The summed E-state index contributed by atoms with van der Waals surface area (Å²) >= 11 is 0. The molecule has 0 spiro atoms. The number of benzene rings is 1. The van der Waals surface area contributed by atoms with E-state index in [0.29, 0.717) is 12.1 Å². The molecule has 1 unspecified atom stereocenters. The molecular formula is C16H26N2O. The van der Waals surface area contributed by atoms with Gasteiger partial charge in [0.05, 0.1) is 6.10 Å². The third kappa shape index (κ3) is 4.51. The summed E-state index contributed by atoms with van der Waals surface area (Å²) in [7, 11) is 0. The van der Waals surface area contributed by atoms with Crippen LogP contribution < -0.4 is 10.2 Å². The van der Waals surface area contributed by atoms with Crippen LogP contribution in [0.15, 0.2) is 24.3 Å². The van der Waals surface area contributed by atoms with Crippen LogP contribution >= 0.6 is 0 Å². The Balaban J connectivity index is 1.96. The minimum absolute atomic E-state index is 0.324. The van der Waals surface area contributed by atoms with E-state index in [1.165, 1.54) is 11.3 Å². The van der Waals surface area contributed by atoms with Crippen molar-refractivity contribution in [2.45, 2.75) is 45.9 Å². The molecule has 1 aliphatic rings. The van der Waals surface area contributed by atoms with Crippen molar-refractivity contribution in [1.29, 1.82) is 0 Å². The lowest BCUT2D eigenvalue weighted by atomic mass is 10.1. The summed E-state index contributed by atoms with van der Waals surface area (Å²) in [5.74, 6) is 0. The Hall–Kier alpha value is -1.06. The molecule has 1 aromatic rings. The van der Waals surface area contributed by atoms with Crippen LogP contribution in [0.3, 0.4) is 0 Å². The molecule has 0 bridgehead atoms. The first kappa shape index (κ1) is 14.4. The van der Waals surface area contributed by atoms with Crippen LogP contribution in [0.2, 0.25) is 0 Å². The van der Waals surface area contributed by atoms with Crippen molar-refractivity contribution in [3.8, 4) is 0 Å². The lowest BCUT2D eigenvalue weighted by Gasteiger charge is -2.24. The van der Waals surface area contributed by atoms with Crippen LogP contribution in [-0.2, 0) is 11.3 Å². The quantitative estimate of drug-likeness (QED) is 0.903. The van der Waals surface area contributed by atoms with Gasteiger partial charge in [0.2, 0.25) is 0 Å². The fourth-order valence-electron chi connectivity index (χ4n) is 2.38. The number of nitrogens with zero attached hydrogens (tertiary/aromatic N) is 1. The van der Waals surface area contributed by atoms with Gasteiger partial charge in [0.15, 0.2) is 0 Å². The summed E-state index contributed by atoms with van der Waals surface area (Å²) in [4.78, 5) is 2.43. The molecular weight excluding hydrogens is 236 g/mol.